The van der Waals surface area contributed by atoms with Crippen molar-refractivity contribution in [3.05, 3.63) is 58.2 Å². The third kappa shape index (κ3) is 5.71. The number of ether oxygens (including phenoxy) is 1. The van der Waals surface area contributed by atoms with Crippen molar-refractivity contribution in [1.29, 1.82) is 0 Å². The Labute approximate surface area is 160 Å². The van der Waals surface area contributed by atoms with E-state index < -0.39 is 18.1 Å². The Hall–Kier alpha value is -2.56. The Morgan fingerprint density at radius 2 is 1.74 bits per heavy atom. The molecular formula is C16H13ClF3N3O3S. The summed E-state index contributed by atoms with van der Waals surface area (Å²) in [6.45, 7) is 0. The van der Waals surface area contributed by atoms with Crippen molar-refractivity contribution in [2.75, 3.05) is 0 Å². The molecule has 0 aliphatic carbocycles. The number of hydrogen-bond donors (Lipinski definition) is 4. The van der Waals surface area contributed by atoms with Gasteiger partial charge in [-0.1, -0.05) is 41.6 Å². The smallest absolute Gasteiger partial charge is 0.476 e. The van der Waals surface area contributed by atoms with Crippen LogP contribution in [0.3, 0.4) is 0 Å². The average molecular weight is 420 g/mol. The monoisotopic (exact) mass is 419 g/mol. The van der Waals surface area contributed by atoms with Gasteiger partial charge in [-0.2, -0.15) is 0 Å². The topological polar surface area (TPSA) is 111 Å². The molecule has 11 heteroatoms. The summed E-state index contributed by atoms with van der Waals surface area (Å²) >= 11 is 6.82. The zero-order chi connectivity index (χ0) is 20.2. The second kappa shape index (κ2) is 8.42. The van der Waals surface area contributed by atoms with Crippen LogP contribution in [0.4, 0.5) is 13.2 Å². The first kappa shape index (κ1) is 20.7. The first-order valence-electron chi connectivity index (χ1n) is 7.14. The van der Waals surface area contributed by atoms with Crippen LogP contribution in [0.25, 0.3) is 11.1 Å². The molecule has 0 spiro atoms. The number of carbonyl (C=O) groups is 1. The fraction of sp³-hybridized carbons (Fsp3) is 0.0625. The number of aliphatic carboxylic acids is 1. The van der Waals surface area contributed by atoms with E-state index in [1.54, 1.807) is 24.3 Å². The molecule has 0 saturated carbocycles. The Kier molecular flexibility index (Phi) is 6.47. The minimum Gasteiger partial charge on any atom is -0.476 e. The van der Waals surface area contributed by atoms with Crippen molar-refractivity contribution in [1.82, 2.24) is 5.43 Å². The largest absolute Gasteiger partial charge is 0.573 e. The van der Waals surface area contributed by atoms with E-state index in [2.05, 4.69) is 4.74 Å². The molecule has 0 saturated heterocycles. The molecule has 0 amide bonds. The van der Waals surface area contributed by atoms with Gasteiger partial charge in [0.05, 0.1) is 5.02 Å². The second-order valence-corrected chi connectivity index (χ2v) is 6.53. The van der Waals surface area contributed by atoms with Gasteiger partial charge in [0, 0.05) is 4.90 Å². The average Bonchev–Trinajstić information content (AvgIpc) is 2.56. The van der Waals surface area contributed by atoms with Gasteiger partial charge in [0.1, 0.15) is 10.8 Å². The molecule has 27 heavy (non-hydrogen) atoms. The zero-order valence-electron chi connectivity index (χ0n) is 13.4. The van der Waals surface area contributed by atoms with Crippen molar-refractivity contribution in [2.24, 2.45) is 11.6 Å². The molecule has 2 aromatic carbocycles. The van der Waals surface area contributed by atoms with Crippen molar-refractivity contribution in [3.63, 3.8) is 0 Å². The quantitative estimate of drug-likeness (QED) is 0.245. The molecule has 6 N–H and O–H groups in total. The number of thioether (sulfide) groups is 1. The van der Waals surface area contributed by atoms with Gasteiger partial charge in [0.2, 0.25) is 0 Å². The molecule has 0 aromatic heterocycles. The van der Waals surface area contributed by atoms with Gasteiger partial charge >= 0.3 is 12.3 Å². The van der Waals surface area contributed by atoms with Crippen LogP contribution in [0.1, 0.15) is 0 Å². The minimum absolute atomic E-state index is 0.0329. The highest BCUT2D eigenvalue weighted by Crippen LogP contribution is 2.34. The molecule has 2 aromatic rings. The summed E-state index contributed by atoms with van der Waals surface area (Å²) in [7, 11) is 0. The fourth-order valence-electron chi connectivity index (χ4n) is 2.02. The molecule has 0 radical (unpaired) electrons. The van der Waals surface area contributed by atoms with Crippen LogP contribution in [-0.2, 0) is 4.79 Å². The number of alkyl halides is 3. The number of rotatable bonds is 6. The second-order valence-electron chi connectivity index (χ2n) is 5.01. The fourth-order valence-corrected chi connectivity index (χ4v) is 3.01. The number of nitrogens with two attached hydrogens (primary N) is 2. The van der Waals surface area contributed by atoms with Gasteiger partial charge in [-0.25, -0.2) is 4.79 Å². The van der Waals surface area contributed by atoms with Crippen LogP contribution >= 0.6 is 23.4 Å². The minimum atomic E-state index is -4.83. The van der Waals surface area contributed by atoms with Gasteiger partial charge in [-0.15, -0.1) is 13.2 Å². The first-order chi connectivity index (χ1) is 12.6. The summed E-state index contributed by atoms with van der Waals surface area (Å²) in [4.78, 5) is 11.6. The van der Waals surface area contributed by atoms with Gasteiger partial charge < -0.3 is 21.0 Å². The van der Waals surface area contributed by atoms with Crippen molar-refractivity contribution < 1.29 is 27.8 Å². The number of hydrogen-bond acceptors (Lipinski definition) is 6. The summed E-state index contributed by atoms with van der Waals surface area (Å²) in [6, 6.07) is 10.6. The molecule has 6 nitrogen and oxygen atoms in total. The first-order valence-corrected chi connectivity index (χ1v) is 8.33. The Morgan fingerprint density at radius 1 is 1.15 bits per heavy atom. The predicted octanol–water partition coefficient (Wildman–Crippen LogP) is 3.67. The predicted molar refractivity (Wildman–Crippen MR) is 95.6 cm³/mol. The van der Waals surface area contributed by atoms with E-state index in [9.17, 15) is 18.0 Å². The number of carboxylic acid groups (broad SMARTS) is 1. The van der Waals surface area contributed by atoms with Crippen LogP contribution in [0.5, 0.6) is 5.75 Å². The Balaban J connectivity index is 2.20. The summed E-state index contributed by atoms with van der Waals surface area (Å²) < 4.78 is 40.7. The molecular weight excluding hydrogens is 407 g/mol. The summed E-state index contributed by atoms with van der Waals surface area (Å²) in [5, 5.41) is 8.73. The number of benzene rings is 2. The molecule has 0 heterocycles. The van der Waals surface area contributed by atoms with Crippen molar-refractivity contribution >= 4 is 29.3 Å². The lowest BCUT2D eigenvalue weighted by atomic mass is 10.1. The summed E-state index contributed by atoms with van der Waals surface area (Å²) in [5.74, 6) is 3.33. The van der Waals surface area contributed by atoms with E-state index in [4.69, 9.17) is 28.3 Å². The molecule has 0 aliphatic rings. The van der Waals surface area contributed by atoms with Crippen molar-refractivity contribution in [3.8, 4) is 16.9 Å². The maximum Gasteiger partial charge on any atom is 0.573 e. The summed E-state index contributed by atoms with van der Waals surface area (Å²) in [5.41, 5.74) is 8.62. The van der Waals surface area contributed by atoms with E-state index in [1.807, 2.05) is 5.43 Å². The summed E-state index contributed by atoms with van der Waals surface area (Å²) in [6.07, 6.45) is -4.83. The molecule has 0 bridgehead atoms. The van der Waals surface area contributed by atoms with Crippen LogP contribution in [0.2, 0.25) is 5.02 Å². The van der Waals surface area contributed by atoms with E-state index in [-0.39, 0.29) is 15.7 Å². The van der Waals surface area contributed by atoms with E-state index in [0.717, 1.165) is 17.8 Å². The highest BCUT2D eigenvalue weighted by atomic mass is 35.5. The lowest BCUT2D eigenvalue weighted by molar-refractivity contribution is -0.274. The highest BCUT2D eigenvalue weighted by molar-refractivity contribution is 8.03. The molecule has 144 valence electrons. The van der Waals surface area contributed by atoms with E-state index in [1.165, 1.54) is 12.1 Å². The van der Waals surface area contributed by atoms with Gasteiger partial charge in [-0.3, -0.25) is 5.84 Å². The van der Waals surface area contributed by atoms with Gasteiger partial charge in [-0.05, 0) is 35.4 Å². The lowest BCUT2D eigenvalue weighted by Gasteiger charge is -2.12. The number of hydrazine groups is 1. The zero-order valence-corrected chi connectivity index (χ0v) is 15.0. The number of carboxylic acids is 1. The third-order valence-corrected chi connectivity index (χ3v) is 4.40. The number of halogens is 4. The number of nitrogens with one attached hydrogen (secondary N) is 1. The third-order valence-electron chi connectivity index (χ3n) is 3.18. The normalized spacial score (nSPS) is 12.3. The molecule has 2 rings (SSSR count). The molecule has 0 aliphatic heterocycles. The van der Waals surface area contributed by atoms with Crippen molar-refractivity contribution in [2.45, 2.75) is 11.3 Å². The van der Waals surface area contributed by atoms with Gasteiger partial charge in [0.15, 0.2) is 5.70 Å². The van der Waals surface area contributed by atoms with E-state index in [0.29, 0.717) is 16.0 Å². The standard InChI is InChI=1S/C16H13ClF3N3O3S/c17-11-7-9(3-6-12(11)26-16(18,19)20)8-1-4-10(5-2-8)27-14(21)13(23-22)15(24)25/h1-7,23H,21-22H2,(H,24,25)/b14-13+. The molecule has 0 atom stereocenters. The maximum absolute atomic E-state index is 12.3. The lowest BCUT2D eigenvalue weighted by Crippen LogP contribution is -2.29. The Morgan fingerprint density at radius 3 is 2.22 bits per heavy atom. The van der Waals surface area contributed by atoms with Crippen LogP contribution in [-0.4, -0.2) is 17.4 Å². The Bertz CT molecular complexity index is 873. The van der Waals surface area contributed by atoms with Crippen LogP contribution in [0.15, 0.2) is 58.1 Å². The molecule has 0 unspecified atom stereocenters. The highest BCUT2D eigenvalue weighted by Gasteiger charge is 2.32. The van der Waals surface area contributed by atoms with E-state index >= 15 is 0 Å². The van der Waals surface area contributed by atoms with Crippen LogP contribution in [0, 0.1) is 0 Å². The maximum atomic E-state index is 12.3. The van der Waals surface area contributed by atoms with Crippen LogP contribution < -0.4 is 21.7 Å². The SMILES string of the molecule is NN/C(C(=O)O)=C(\N)Sc1ccc(-c2ccc(OC(F)(F)F)c(Cl)c2)cc1. The van der Waals surface area contributed by atoms with Gasteiger partial charge in [0.25, 0.3) is 0 Å². The molecule has 0 fully saturated rings.